The minimum atomic E-state index is -0.577. The van der Waals surface area contributed by atoms with Gasteiger partial charge in [0.1, 0.15) is 11.6 Å². The Morgan fingerprint density at radius 1 is 1.17 bits per heavy atom. The van der Waals surface area contributed by atoms with Gasteiger partial charge in [-0.15, -0.1) is 0 Å². The van der Waals surface area contributed by atoms with Gasteiger partial charge < -0.3 is 5.32 Å². The van der Waals surface area contributed by atoms with Crippen LogP contribution in [0.15, 0.2) is 48.5 Å². The van der Waals surface area contributed by atoms with Gasteiger partial charge in [-0.2, -0.15) is 10.5 Å². The molecule has 2 rings (SSSR count). The number of nitrogens with one attached hydrogen (secondary N) is 1. The molecule has 0 bridgehead atoms. The third-order valence-corrected chi connectivity index (χ3v) is 3.40. The van der Waals surface area contributed by atoms with E-state index >= 15 is 0 Å². The third-order valence-electron chi connectivity index (χ3n) is 3.40. The first kappa shape index (κ1) is 16.0. The number of hydrogen-bond donors (Lipinski definition) is 1. The molecule has 0 aliphatic carbocycles. The summed E-state index contributed by atoms with van der Waals surface area (Å²) in [6, 6.07) is 17.8. The number of nitro groups is 1. The number of nitriles is 2. The van der Waals surface area contributed by atoms with Crippen LogP contribution in [0.2, 0.25) is 0 Å². The standard InChI is InChI=1S/C17H14N4O2/c18-10-4-7-16(13-5-2-1-3-6-13)20-15-8-9-17(21(22)23)14(11-15)12-19/h1-3,5-6,8-9,11,16,20H,4,7H2. The van der Waals surface area contributed by atoms with Crippen molar-refractivity contribution in [1.29, 1.82) is 10.5 Å². The zero-order chi connectivity index (χ0) is 16.7. The van der Waals surface area contributed by atoms with Crippen LogP contribution in [0.4, 0.5) is 11.4 Å². The van der Waals surface area contributed by atoms with Gasteiger partial charge in [0.15, 0.2) is 0 Å². The molecule has 2 aromatic carbocycles. The Morgan fingerprint density at radius 3 is 2.52 bits per heavy atom. The number of nitrogens with zero attached hydrogens (tertiary/aromatic N) is 3. The molecule has 23 heavy (non-hydrogen) atoms. The van der Waals surface area contributed by atoms with Crippen LogP contribution in [0, 0.1) is 32.8 Å². The molecule has 6 nitrogen and oxygen atoms in total. The molecule has 114 valence electrons. The molecule has 0 heterocycles. The number of hydrogen-bond acceptors (Lipinski definition) is 5. The monoisotopic (exact) mass is 306 g/mol. The quantitative estimate of drug-likeness (QED) is 0.643. The Bertz CT molecular complexity index is 775. The van der Waals surface area contributed by atoms with Crippen LogP contribution in [0.25, 0.3) is 0 Å². The van der Waals surface area contributed by atoms with Crippen molar-refractivity contribution in [3.8, 4) is 12.1 Å². The van der Waals surface area contributed by atoms with Crippen LogP contribution < -0.4 is 5.32 Å². The largest absolute Gasteiger partial charge is 0.378 e. The number of nitro benzene ring substituents is 1. The zero-order valence-electron chi connectivity index (χ0n) is 12.3. The van der Waals surface area contributed by atoms with Crippen molar-refractivity contribution in [2.75, 3.05) is 5.32 Å². The van der Waals surface area contributed by atoms with E-state index in [0.717, 1.165) is 5.56 Å². The minimum absolute atomic E-state index is 0.00657. The molecule has 0 aliphatic rings. The summed E-state index contributed by atoms with van der Waals surface area (Å²) in [5.41, 5.74) is 1.41. The first-order valence-corrected chi connectivity index (χ1v) is 7.02. The number of benzene rings is 2. The predicted molar refractivity (Wildman–Crippen MR) is 85.5 cm³/mol. The van der Waals surface area contributed by atoms with E-state index in [2.05, 4.69) is 11.4 Å². The topological polar surface area (TPSA) is 103 Å². The van der Waals surface area contributed by atoms with Crippen molar-refractivity contribution in [2.45, 2.75) is 18.9 Å². The van der Waals surface area contributed by atoms with E-state index in [4.69, 9.17) is 10.5 Å². The SMILES string of the molecule is N#CCCC(Nc1ccc([N+](=O)[O-])c(C#N)c1)c1ccccc1. The molecule has 2 aromatic rings. The Labute approximate surface area is 133 Å². The average Bonchev–Trinajstić information content (AvgIpc) is 2.58. The maximum absolute atomic E-state index is 10.9. The maximum atomic E-state index is 10.9. The first-order valence-electron chi connectivity index (χ1n) is 7.02. The fourth-order valence-electron chi connectivity index (χ4n) is 2.29. The summed E-state index contributed by atoms with van der Waals surface area (Å²) in [6.07, 6.45) is 0.976. The van der Waals surface area contributed by atoms with Crippen LogP contribution in [-0.2, 0) is 0 Å². The Balaban J connectivity index is 2.28. The summed E-state index contributed by atoms with van der Waals surface area (Å²) in [5, 5.41) is 32.0. The second kappa shape index (κ2) is 7.58. The van der Waals surface area contributed by atoms with E-state index in [1.54, 1.807) is 6.07 Å². The minimum Gasteiger partial charge on any atom is -0.378 e. The van der Waals surface area contributed by atoms with Gasteiger partial charge in [0.25, 0.3) is 5.69 Å². The molecule has 0 amide bonds. The molecule has 0 aromatic heterocycles. The Kier molecular flexibility index (Phi) is 5.27. The number of anilines is 1. The maximum Gasteiger partial charge on any atom is 0.287 e. The average molecular weight is 306 g/mol. The van der Waals surface area contributed by atoms with E-state index < -0.39 is 4.92 Å². The van der Waals surface area contributed by atoms with Crippen molar-refractivity contribution in [3.05, 3.63) is 69.8 Å². The summed E-state index contributed by atoms with van der Waals surface area (Å²) in [6.45, 7) is 0. The second-order valence-corrected chi connectivity index (χ2v) is 4.91. The lowest BCUT2D eigenvalue weighted by Gasteiger charge is -2.19. The molecule has 1 atom stereocenters. The summed E-state index contributed by atoms with van der Waals surface area (Å²) in [7, 11) is 0. The van der Waals surface area contributed by atoms with E-state index in [0.29, 0.717) is 18.5 Å². The zero-order valence-corrected chi connectivity index (χ0v) is 12.3. The van der Waals surface area contributed by atoms with Gasteiger partial charge in [0.05, 0.1) is 17.0 Å². The van der Waals surface area contributed by atoms with Gasteiger partial charge in [-0.3, -0.25) is 10.1 Å². The normalized spacial score (nSPS) is 11.0. The highest BCUT2D eigenvalue weighted by atomic mass is 16.6. The smallest absolute Gasteiger partial charge is 0.287 e. The number of rotatable bonds is 6. The van der Waals surface area contributed by atoms with Crippen molar-refractivity contribution in [2.24, 2.45) is 0 Å². The molecular weight excluding hydrogens is 292 g/mol. The summed E-state index contributed by atoms with van der Waals surface area (Å²) < 4.78 is 0. The van der Waals surface area contributed by atoms with Crippen molar-refractivity contribution in [3.63, 3.8) is 0 Å². The highest BCUT2D eigenvalue weighted by molar-refractivity contribution is 5.59. The summed E-state index contributed by atoms with van der Waals surface area (Å²) >= 11 is 0. The van der Waals surface area contributed by atoms with Gasteiger partial charge >= 0.3 is 0 Å². The molecule has 6 heteroatoms. The van der Waals surface area contributed by atoms with E-state index in [9.17, 15) is 10.1 Å². The van der Waals surface area contributed by atoms with Crippen LogP contribution >= 0.6 is 0 Å². The summed E-state index contributed by atoms with van der Waals surface area (Å²) in [4.78, 5) is 10.3. The lowest BCUT2D eigenvalue weighted by atomic mass is 10.0. The van der Waals surface area contributed by atoms with Crippen LogP contribution in [0.5, 0.6) is 0 Å². The van der Waals surface area contributed by atoms with Gasteiger partial charge in [-0.25, -0.2) is 0 Å². The highest BCUT2D eigenvalue weighted by Gasteiger charge is 2.16. The molecule has 0 radical (unpaired) electrons. The van der Waals surface area contributed by atoms with Crippen molar-refractivity contribution >= 4 is 11.4 Å². The summed E-state index contributed by atoms with van der Waals surface area (Å²) in [5.74, 6) is 0. The second-order valence-electron chi connectivity index (χ2n) is 4.91. The molecule has 1 unspecified atom stereocenters. The molecule has 0 saturated carbocycles. The lowest BCUT2D eigenvalue weighted by molar-refractivity contribution is -0.385. The molecule has 0 saturated heterocycles. The van der Waals surface area contributed by atoms with E-state index in [1.165, 1.54) is 12.1 Å². The molecule has 0 fully saturated rings. The first-order chi connectivity index (χ1) is 11.2. The molecule has 0 spiro atoms. The van der Waals surface area contributed by atoms with Gasteiger partial charge in [0.2, 0.25) is 0 Å². The predicted octanol–water partition coefficient (Wildman–Crippen LogP) is 3.92. The molecular formula is C17H14N4O2. The van der Waals surface area contributed by atoms with Crippen LogP contribution in [0.3, 0.4) is 0 Å². The van der Waals surface area contributed by atoms with Gasteiger partial charge in [-0.1, -0.05) is 30.3 Å². The van der Waals surface area contributed by atoms with Crippen LogP contribution in [-0.4, -0.2) is 4.92 Å². The Hall–Kier alpha value is -3.38. The Morgan fingerprint density at radius 2 is 1.91 bits per heavy atom. The fourth-order valence-corrected chi connectivity index (χ4v) is 2.29. The molecule has 1 N–H and O–H groups in total. The highest BCUT2D eigenvalue weighted by Crippen LogP contribution is 2.27. The van der Waals surface area contributed by atoms with Gasteiger partial charge in [-0.05, 0) is 24.1 Å². The fraction of sp³-hybridized carbons (Fsp3) is 0.176. The van der Waals surface area contributed by atoms with Crippen LogP contribution in [0.1, 0.15) is 30.0 Å². The van der Waals surface area contributed by atoms with Gasteiger partial charge in [0, 0.05) is 18.2 Å². The van der Waals surface area contributed by atoms with E-state index in [-0.39, 0.29) is 17.3 Å². The molecule has 0 aliphatic heterocycles. The van der Waals surface area contributed by atoms with Crippen molar-refractivity contribution in [1.82, 2.24) is 0 Å². The van der Waals surface area contributed by atoms with E-state index in [1.807, 2.05) is 36.4 Å². The lowest BCUT2D eigenvalue weighted by Crippen LogP contribution is -2.11. The third kappa shape index (κ3) is 4.05. The van der Waals surface area contributed by atoms with Crippen molar-refractivity contribution < 1.29 is 4.92 Å².